The van der Waals surface area contributed by atoms with Gasteiger partial charge in [-0.25, -0.2) is 4.63 Å². The fourth-order valence-electron chi connectivity index (χ4n) is 0.757. The standard InChI is InChI=1S/C6H10N4O2/c1-3-7-6-5(4(2)8-11)9-12-10-6/h11H,3H2,1-2H3,(H,7,10)/b8-4+. The number of rotatable bonds is 3. The molecule has 1 rings (SSSR count). The summed E-state index contributed by atoms with van der Waals surface area (Å²) >= 11 is 0. The first-order valence-corrected chi connectivity index (χ1v) is 3.55. The molecular weight excluding hydrogens is 160 g/mol. The third kappa shape index (κ3) is 1.52. The van der Waals surface area contributed by atoms with Crippen molar-refractivity contribution in [3.05, 3.63) is 5.69 Å². The van der Waals surface area contributed by atoms with E-state index in [9.17, 15) is 0 Å². The highest BCUT2D eigenvalue weighted by Crippen LogP contribution is 2.09. The zero-order chi connectivity index (χ0) is 8.97. The second kappa shape index (κ2) is 3.70. The van der Waals surface area contributed by atoms with E-state index in [0.717, 1.165) is 0 Å². The molecule has 0 atom stereocenters. The Morgan fingerprint density at radius 2 is 2.42 bits per heavy atom. The second-order valence-electron chi connectivity index (χ2n) is 2.18. The molecule has 0 spiro atoms. The van der Waals surface area contributed by atoms with Crippen LogP contribution in [0.5, 0.6) is 0 Å². The van der Waals surface area contributed by atoms with Crippen LogP contribution in [0, 0.1) is 0 Å². The molecule has 6 nitrogen and oxygen atoms in total. The number of hydrogen-bond acceptors (Lipinski definition) is 6. The first-order chi connectivity index (χ1) is 5.79. The predicted octanol–water partition coefficient (Wildman–Crippen LogP) is 0.700. The molecule has 0 saturated carbocycles. The summed E-state index contributed by atoms with van der Waals surface area (Å²) in [6, 6.07) is 0. The van der Waals surface area contributed by atoms with Crippen molar-refractivity contribution in [2.24, 2.45) is 5.16 Å². The molecule has 0 bridgehead atoms. The molecular formula is C6H10N4O2. The van der Waals surface area contributed by atoms with Gasteiger partial charge in [0.25, 0.3) is 0 Å². The fourth-order valence-corrected chi connectivity index (χ4v) is 0.757. The number of nitrogens with zero attached hydrogens (tertiary/aromatic N) is 3. The van der Waals surface area contributed by atoms with Crippen LogP contribution in [0.4, 0.5) is 5.82 Å². The average molecular weight is 170 g/mol. The summed E-state index contributed by atoms with van der Waals surface area (Å²) in [6.45, 7) is 4.24. The molecule has 1 aromatic rings. The molecule has 66 valence electrons. The smallest absolute Gasteiger partial charge is 0.200 e. The molecule has 6 heteroatoms. The van der Waals surface area contributed by atoms with E-state index in [2.05, 4.69) is 25.4 Å². The fraction of sp³-hybridized carbons (Fsp3) is 0.500. The van der Waals surface area contributed by atoms with Crippen LogP contribution in [0.25, 0.3) is 0 Å². The van der Waals surface area contributed by atoms with Crippen molar-refractivity contribution in [1.82, 2.24) is 10.3 Å². The number of oxime groups is 1. The van der Waals surface area contributed by atoms with Crippen LogP contribution in [0.15, 0.2) is 9.78 Å². The second-order valence-corrected chi connectivity index (χ2v) is 2.18. The van der Waals surface area contributed by atoms with Crippen molar-refractivity contribution in [3.63, 3.8) is 0 Å². The first-order valence-electron chi connectivity index (χ1n) is 3.55. The van der Waals surface area contributed by atoms with Gasteiger partial charge in [-0.15, -0.1) is 0 Å². The average Bonchev–Trinajstić information content (AvgIpc) is 2.52. The Morgan fingerprint density at radius 1 is 1.67 bits per heavy atom. The summed E-state index contributed by atoms with van der Waals surface area (Å²) in [5, 5.41) is 21.5. The van der Waals surface area contributed by atoms with E-state index >= 15 is 0 Å². The molecule has 12 heavy (non-hydrogen) atoms. The van der Waals surface area contributed by atoms with Gasteiger partial charge in [0.2, 0.25) is 0 Å². The van der Waals surface area contributed by atoms with Gasteiger partial charge in [0.15, 0.2) is 11.5 Å². The van der Waals surface area contributed by atoms with Gasteiger partial charge in [-0.2, -0.15) is 0 Å². The van der Waals surface area contributed by atoms with Gasteiger partial charge in [-0.1, -0.05) is 5.16 Å². The highest BCUT2D eigenvalue weighted by Gasteiger charge is 2.11. The summed E-state index contributed by atoms with van der Waals surface area (Å²) in [5.74, 6) is 0.493. The van der Waals surface area contributed by atoms with Crippen molar-refractivity contribution < 1.29 is 9.84 Å². The maximum atomic E-state index is 8.45. The minimum absolute atomic E-state index is 0.368. The van der Waals surface area contributed by atoms with Crippen LogP contribution in [0.2, 0.25) is 0 Å². The maximum Gasteiger partial charge on any atom is 0.200 e. The predicted molar refractivity (Wildman–Crippen MR) is 42.5 cm³/mol. The zero-order valence-electron chi connectivity index (χ0n) is 6.90. The van der Waals surface area contributed by atoms with Gasteiger partial charge in [-0.3, -0.25) is 0 Å². The summed E-state index contributed by atoms with van der Waals surface area (Å²) in [4.78, 5) is 0. The highest BCUT2D eigenvalue weighted by atomic mass is 16.6. The van der Waals surface area contributed by atoms with Crippen LogP contribution in [0.1, 0.15) is 19.5 Å². The van der Waals surface area contributed by atoms with Crippen LogP contribution >= 0.6 is 0 Å². The van der Waals surface area contributed by atoms with E-state index in [1.807, 2.05) is 6.92 Å². The normalized spacial score (nSPS) is 11.7. The monoisotopic (exact) mass is 170 g/mol. The Kier molecular flexibility index (Phi) is 2.62. The Bertz CT molecular complexity index is 281. The third-order valence-corrected chi connectivity index (χ3v) is 1.33. The molecule has 0 radical (unpaired) electrons. The molecule has 1 heterocycles. The molecule has 0 aliphatic heterocycles. The van der Waals surface area contributed by atoms with E-state index in [-0.39, 0.29) is 0 Å². The van der Waals surface area contributed by atoms with Crippen molar-refractivity contribution in [2.45, 2.75) is 13.8 Å². The van der Waals surface area contributed by atoms with Gasteiger partial charge in [-0.05, 0) is 24.2 Å². The Balaban J connectivity index is 2.91. The molecule has 0 amide bonds. The molecule has 0 fully saturated rings. The van der Waals surface area contributed by atoms with E-state index in [4.69, 9.17) is 5.21 Å². The minimum Gasteiger partial charge on any atom is -0.411 e. The number of hydrogen-bond donors (Lipinski definition) is 2. The number of anilines is 1. The van der Waals surface area contributed by atoms with E-state index in [1.165, 1.54) is 0 Å². The van der Waals surface area contributed by atoms with Crippen molar-refractivity contribution in [2.75, 3.05) is 11.9 Å². The Hall–Kier alpha value is -1.59. The molecule has 0 aromatic carbocycles. The highest BCUT2D eigenvalue weighted by molar-refractivity contribution is 6.00. The number of aromatic nitrogens is 2. The summed E-state index contributed by atoms with van der Waals surface area (Å²) < 4.78 is 4.47. The van der Waals surface area contributed by atoms with E-state index < -0.39 is 0 Å². The minimum atomic E-state index is 0.368. The summed E-state index contributed by atoms with van der Waals surface area (Å²) in [6.07, 6.45) is 0. The SMILES string of the molecule is CCNc1nonc1/C(C)=N/O. The maximum absolute atomic E-state index is 8.45. The topological polar surface area (TPSA) is 83.5 Å². The Labute approximate surface area is 69.2 Å². The van der Waals surface area contributed by atoms with Gasteiger partial charge in [0.05, 0.1) is 0 Å². The lowest BCUT2D eigenvalue weighted by Gasteiger charge is -1.96. The van der Waals surface area contributed by atoms with Crippen LogP contribution in [0.3, 0.4) is 0 Å². The van der Waals surface area contributed by atoms with E-state index in [0.29, 0.717) is 23.8 Å². The van der Waals surface area contributed by atoms with Crippen LogP contribution in [-0.4, -0.2) is 27.8 Å². The summed E-state index contributed by atoms with van der Waals surface area (Å²) in [7, 11) is 0. The first kappa shape index (κ1) is 8.51. The van der Waals surface area contributed by atoms with Gasteiger partial charge >= 0.3 is 0 Å². The van der Waals surface area contributed by atoms with Crippen molar-refractivity contribution in [1.29, 1.82) is 0 Å². The Morgan fingerprint density at radius 3 is 3.00 bits per heavy atom. The zero-order valence-corrected chi connectivity index (χ0v) is 6.90. The van der Waals surface area contributed by atoms with Gasteiger partial charge < -0.3 is 10.5 Å². The molecule has 1 aromatic heterocycles. The van der Waals surface area contributed by atoms with Gasteiger partial charge in [0, 0.05) is 6.54 Å². The molecule has 0 aliphatic carbocycles. The van der Waals surface area contributed by atoms with Crippen LogP contribution in [-0.2, 0) is 0 Å². The lowest BCUT2D eigenvalue weighted by Crippen LogP contribution is -2.04. The quantitative estimate of drug-likeness (QED) is 0.396. The summed E-state index contributed by atoms with van der Waals surface area (Å²) in [5.41, 5.74) is 0.798. The lowest BCUT2D eigenvalue weighted by atomic mass is 10.3. The van der Waals surface area contributed by atoms with Crippen molar-refractivity contribution in [3.8, 4) is 0 Å². The lowest BCUT2D eigenvalue weighted by molar-refractivity contribution is 0.305. The van der Waals surface area contributed by atoms with Gasteiger partial charge in [0.1, 0.15) is 5.71 Å². The largest absolute Gasteiger partial charge is 0.411 e. The molecule has 0 saturated heterocycles. The van der Waals surface area contributed by atoms with E-state index in [1.54, 1.807) is 6.92 Å². The molecule has 0 unspecified atom stereocenters. The number of nitrogens with one attached hydrogen (secondary N) is 1. The molecule has 0 aliphatic rings. The van der Waals surface area contributed by atoms with Crippen molar-refractivity contribution >= 4 is 11.5 Å². The third-order valence-electron chi connectivity index (χ3n) is 1.33. The molecule has 2 N–H and O–H groups in total. The van der Waals surface area contributed by atoms with Crippen LogP contribution < -0.4 is 5.32 Å².